The smallest absolute Gasteiger partial charge is 0.211 e. The van der Waals surface area contributed by atoms with Crippen molar-refractivity contribution in [2.24, 2.45) is 5.73 Å². The van der Waals surface area contributed by atoms with Crippen molar-refractivity contribution in [3.63, 3.8) is 0 Å². The molecule has 0 aliphatic carbocycles. The van der Waals surface area contributed by atoms with Crippen LogP contribution in [-0.4, -0.2) is 59.8 Å². The van der Waals surface area contributed by atoms with E-state index in [0.29, 0.717) is 42.8 Å². The number of anilines is 1. The number of piperazine rings is 1. The Morgan fingerprint density at radius 1 is 1.15 bits per heavy atom. The van der Waals surface area contributed by atoms with Crippen molar-refractivity contribution < 1.29 is 12.8 Å². The molecule has 0 unspecified atom stereocenters. The van der Waals surface area contributed by atoms with E-state index >= 15 is 0 Å². The van der Waals surface area contributed by atoms with E-state index in [0.717, 1.165) is 11.2 Å². The number of hydrogen-bond donors (Lipinski definition) is 1. The van der Waals surface area contributed by atoms with Gasteiger partial charge < -0.3 is 10.6 Å². The van der Waals surface area contributed by atoms with Gasteiger partial charge in [0, 0.05) is 37.6 Å². The second-order valence-electron chi connectivity index (χ2n) is 6.92. The Bertz CT molecular complexity index is 1120. The van der Waals surface area contributed by atoms with Gasteiger partial charge >= 0.3 is 0 Å². The molecule has 10 heteroatoms. The molecule has 2 aromatic heterocycles. The molecule has 1 aliphatic rings. The summed E-state index contributed by atoms with van der Waals surface area (Å²) in [6.45, 7) is 3.71. The van der Waals surface area contributed by atoms with Gasteiger partial charge in [-0.3, -0.25) is 4.40 Å². The SMILES string of the molecule is C[C@@H](N)c1cc(F)cc2c1cc(N1CCN(S(C)(=O)=O)CC1)n1cnnc21. The Morgan fingerprint density at radius 2 is 1.85 bits per heavy atom. The van der Waals surface area contributed by atoms with E-state index in [1.165, 1.54) is 22.7 Å². The molecule has 3 heterocycles. The first-order valence-electron chi connectivity index (χ1n) is 8.67. The fourth-order valence-corrected chi connectivity index (χ4v) is 4.47. The number of pyridine rings is 1. The van der Waals surface area contributed by atoms with Gasteiger partial charge in [0.25, 0.3) is 0 Å². The van der Waals surface area contributed by atoms with Gasteiger partial charge in [0.1, 0.15) is 18.0 Å². The van der Waals surface area contributed by atoms with Crippen LogP contribution < -0.4 is 10.6 Å². The maximum Gasteiger partial charge on any atom is 0.211 e. The summed E-state index contributed by atoms with van der Waals surface area (Å²) < 4.78 is 40.9. The van der Waals surface area contributed by atoms with Crippen LogP contribution in [0.3, 0.4) is 0 Å². The van der Waals surface area contributed by atoms with Crippen LogP contribution in [0.1, 0.15) is 18.5 Å². The minimum atomic E-state index is -3.20. The average molecular weight is 392 g/mol. The topological polar surface area (TPSA) is 96.8 Å². The standard InChI is InChI=1S/C17H21FN6O2S/c1-11(19)13-7-12(18)8-15-14(13)9-16(24-10-20-21-17(15)24)22-3-5-23(6-4-22)27(2,25)26/h7-11H,3-6,19H2,1-2H3/t11-/m1/s1. The first-order chi connectivity index (χ1) is 12.8. The maximum absolute atomic E-state index is 14.1. The second-order valence-corrected chi connectivity index (χ2v) is 8.90. The first-order valence-corrected chi connectivity index (χ1v) is 10.5. The van der Waals surface area contributed by atoms with Crippen LogP contribution in [0.5, 0.6) is 0 Å². The van der Waals surface area contributed by atoms with E-state index in [1.54, 1.807) is 6.33 Å². The zero-order valence-corrected chi connectivity index (χ0v) is 15.9. The number of hydrogen-bond acceptors (Lipinski definition) is 6. The molecule has 4 rings (SSSR count). The highest BCUT2D eigenvalue weighted by Crippen LogP contribution is 2.32. The monoisotopic (exact) mass is 392 g/mol. The lowest BCUT2D eigenvalue weighted by atomic mass is 10.0. The molecule has 1 atom stereocenters. The van der Waals surface area contributed by atoms with Crippen molar-refractivity contribution >= 4 is 32.3 Å². The summed E-state index contributed by atoms with van der Waals surface area (Å²) >= 11 is 0. The van der Waals surface area contributed by atoms with E-state index in [-0.39, 0.29) is 11.9 Å². The molecule has 1 fully saturated rings. The van der Waals surface area contributed by atoms with Crippen LogP contribution in [0.2, 0.25) is 0 Å². The van der Waals surface area contributed by atoms with Gasteiger partial charge in [-0.05, 0) is 36.1 Å². The fraction of sp³-hybridized carbons (Fsp3) is 0.412. The summed E-state index contributed by atoms with van der Waals surface area (Å²) in [6.07, 6.45) is 2.81. The predicted octanol–water partition coefficient (Wildman–Crippen LogP) is 1.12. The fourth-order valence-electron chi connectivity index (χ4n) is 3.64. The van der Waals surface area contributed by atoms with Crippen LogP contribution in [0.15, 0.2) is 24.5 Å². The van der Waals surface area contributed by atoms with Crippen molar-refractivity contribution in [3.8, 4) is 0 Å². The molecule has 144 valence electrons. The molecule has 1 aliphatic heterocycles. The summed E-state index contributed by atoms with van der Waals surface area (Å²) in [7, 11) is -3.20. The van der Waals surface area contributed by atoms with Gasteiger partial charge in [0.2, 0.25) is 10.0 Å². The highest BCUT2D eigenvalue weighted by Gasteiger charge is 2.25. The molecule has 0 bridgehead atoms. The molecular formula is C17H21FN6O2S. The van der Waals surface area contributed by atoms with E-state index in [9.17, 15) is 12.8 Å². The third-order valence-electron chi connectivity index (χ3n) is 5.01. The summed E-state index contributed by atoms with van der Waals surface area (Å²) in [5.41, 5.74) is 7.32. The van der Waals surface area contributed by atoms with Gasteiger partial charge in [0.05, 0.1) is 6.26 Å². The van der Waals surface area contributed by atoms with Crippen LogP contribution in [0, 0.1) is 5.82 Å². The van der Waals surface area contributed by atoms with Gasteiger partial charge in [-0.15, -0.1) is 10.2 Å². The Labute approximate surface area is 156 Å². The highest BCUT2D eigenvalue weighted by atomic mass is 32.2. The van der Waals surface area contributed by atoms with E-state index < -0.39 is 10.0 Å². The van der Waals surface area contributed by atoms with Crippen LogP contribution in [0.25, 0.3) is 16.4 Å². The molecule has 1 aromatic carbocycles. The number of sulfonamides is 1. The van der Waals surface area contributed by atoms with Crippen molar-refractivity contribution in [1.82, 2.24) is 18.9 Å². The summed E-state index contributed by atoms with van der Waals surface area (Å²) in [5.74, 6) is 0.471. The quantitative estimate of drug-likeness (QED) is 0.718. The predicted molar refractivity (Wildman–Crippen MR) is 102 cm³/mol. The molecule has 8 nitrogen and oxygen atoms in total. The van der Waals surface area contributed by atoms with Crippen molar-refractivity contribution in [3.05, 3.63) is 35.9 Å². The van der Waals surface area contributed by atoms with Crippen molar-refractivity contribution in [1.29, 1.82) is 0 Å². The van der Waals surface area contributed by atoms with Gasteiger partial charge in [-0.2, -0.15) is 4.31 Å². The minimum absolute atomic E-state index is 0.344. The average Bonchev–Trinajstić information content (AvgIpc) is 3.10. The largest absolute Gasteiger partial charge is 0.355 e. The van der Waals surface area contributed by atoms with Crippen molar-refractivity contribution in [2.45, 2.75) is 13.0 Å². The molecule has 3 aromatic rings. The Morgan fingerprint density at radius 3 is 2.48 bits per heavy atom. The second kappa shape index (κ2) is 6.39. The summed E-state index contributed by atoms with van der Waals surface area (Å²) in [5, 5.41) is 9.64. The third-order valence-corrected chi connectivity index (χ3v) is 6.31. The Hall–Kier alpha value is -2.30. The number of nitrogens with zero attached hydrogens (tertiary/aromatic N) is 5. The number of nitrogens with two attached hydrogens (primary N) is 1. The Kier molecular flexibility index (Phi) is 4.28. The van der Waals surface area contributed by atoms with E-state index in [4.69, 9.17) is 5.73 Å². The molecule has 1 saturated heterocycles. The molecule has 0 spiro atoms. The third kappa shape index (κ3) is 3.13. The van der Waals surface area contributed by atoms with Crippen molar-refractivity contribution in [2.75, 3.05) is 37.3 Å². The normalized spacial score (nSPS) is 17.7. The number of fused-ring (bicyclic) bond motifs is 3. The van der Waals surface area contributed by atoms with Gasteiger partial charge in [0.15, 0.2) is 5.65 Å². The minimum Gasteiger partial charge on any atom is -0.355 e. The van der Waals surface area contributed by atoms with Crippen LogP contribution in [-0.2, 0) is 10.0 Å². The molecule has 27 heavy (non-hydrogen) atoms. The van der Waals surface area contributed by atoms with Gasteiger partial charge in [-0.1, -0.05) is 0 Å². The maximum atomic E-state index is 14.1. The molecule has 0 radical (unpaired) electrons. The molecular weight excluding hydrogens is 371 g/mol. The first kappa shape index (κ1) is 18.1. The lowest BCUT2D eigenvalue weighted by Gasteiger charge is -2.35. The lowest BCUT2D eigenvalue weighted by Crippen LogP contribution is -2.48. The van der Waals surface area contributed by atoms with Gasteiger partial charge in [-0.25, -0.2) is 12.8 Å². The van der Waals surface area contributed by atoms with Crippen LogP contribution >= 0.6 is 0 Å². The van der Waals surface area contributed by atoms with Crippen LogP contribution in [0.4, 0.5) is 10.2 Å². The zero-order valence-electron chi connectivity index (χ0n) is 15.1. The number of benzene rings is 1. The molecule has 0 saturated carbocycles. The number of halogens is 1. The number of aromatic nitrogens is 3. The lowest BCUT2D eigenvalue weighted by molar-refractivity contribution is 0.386. The summed E-state index contributed by atoms with van der Waals surface area (Å²) in [6, 6.07) is 4.51. The Balaban J connectivity index is 1.85. The zero-order chi connectivity index (χ0) is 19.3. The number of rotatable bonds is 3. The molecule has 0 amide bonds. The van der Waals surface area contributed by atoms with E-state index in [2.05, 4.69) is 15.1 Å². The summed E-state index contributed by atoms with van der Waals surface area (Å²) in [4.78, 5) is 2.09. The van der Waals surface area contributed by atoms with E-state index in [1.807, 2.05) is 17.4 Å². The highest BCUT2D eigenvalue weighted by molar-refractivity contribution is 7.88. The molecule has 2 N–H and O–H groups in total.